The fraction of sp³-hybridized carbons (Fsp3) is 0.278. The molecule has 0 spiro atoms. The summed E-state index contributed by atoms with van der Waals surface area (Å²) in [5.41, 5.74) is 1.09. The van der Waals surface area contributed by atoms with Gasteiger partial charge in [-0.3, -0.25) is 24.0 Å². The SMILES string of the molecule is CCCCNC(=O)[C@@H](Cc1ccccc1)N(Cc1c(Cl)cccc1Cl)C(=O)CN(c1ccc(OC)cc1)S(=O)(=O)c1ccc(C)c([N+](=O)[O-])c1. The smallest absolute Gasteiger partial charge is 0.273 e. The summed E-state index contributed by atoms with van der Waals surface area (Å²) >= 11 is 13.1. The topological polar surface area (TPSA) is 139 Å². The molecular weight excluding hydrogens is 703 g/mol. The first-order valence-electron chi connectivity index (χ1n) is 15.8. The second-order valence-electron chi connectivity index (χ2n) is 11.5. The van der Waals surface area contributed by atoms with Crippen LogP contribution in [0.2, 0.25) is 10.0 Å². The minimum absolute atomic E-state index is 0.0881. The maximum atomic E-state index is 14.7. The number of sulfonamides is 1. The number of nitrogens with zero attached hydrogens (tertiary/aromatic N) is 3. The lowest BCUT2D eigenvalue weighted by atomic mass is 10.0. The molecule has 0 unspecified atom stereocenters. The van der Waals surface area contributed by atoms with Crippen LogP contribution in [-0.4, -0.2) is 56.3 Å². The molecule has 0 fully saturated rings. The van der Waals surface area contributed by atoms with Gasteiger partial charge in [-0.05, 0) is 61.4 Å². The molecule has 264 valence electrons. The van der Waals surface area contributed by atoms with Gasteiger partial charge in [0, 0.05) is 46.7 Å². The first-order valence-corrected chi connectivity index (χ1v) is 18.0. The summed E-state index contributed by atoms with van der Waals surface area (Å²) in [5.74, 6) is -0.745. The van der Waals surface area contributed by atoms with Gasteiger partial charge >= 0.3 is 0 Å². The van der Waals surface area contributed by atoms with E-state index in [1.165, 1.54) is 55.3 Å². The molecule has 0 radical (unpaired) electrons. The molecule has 0 aliphatic heterocycles. The average molecular weight is 742 g/mol. The van der Waals surface area contributed by atoms with Crippen LogP contribution >= 0.6 is 23.2 Å². The standard InChI is InChI=1S/C36H38Cl2N4O7S/c1-4-5-20-39-36(44)34(21-26-10-7-6-8-11-26)40(23-30-31(37)12-9-13-32(30)38)35(43)24-41(27-15-17-28(49-3)18-16-27)50(47,48)29-19-14-25(2)33(22-29)42(45)46/h6-19,22,34H,4-5,20-21,23-24H2,1-3H3,(H,39,44)/t34-/m1/s1. The predicted octanol–water partition coefficient (Wildman–Crippen LogP) is 6.97. The minimum atomic E-state index is -4.60. The Morgan fingerprint density at radius 1 is 0.960 bits per heavy atom. The minimum Gasteiger partial charge on any atom is -0.497 e. The third kappa shape index (κ3) is 9.32. The van der Waals surface area contributed by atoms with E-state index in [0.717, 1.165) is 22.4 Å². The van der Waals surface area contributed by atoms with Crippen molar-refractivity contribution in [3.8, 4) is 5.75 Å². The maximum absolute atomic E-state index is 14.7. The number of carbonyl (C=O) groups excluding carboxylic acids is 2. The molecular formula is C36H38Cl2N4O7S. The van der Waals surface area contributed by atoms with Crippen molar-refractivity contribution in [2.75, 3.05) is 24.5 Å². The largest absolute Gasteiger partial charge is 0.497 e. The molecule has 11 nitrogen and oxygen atoms in total. The van der Waals surface area contributed by atoms with Crippen molar-refractivity contribution in [1.29, 1.82) is 0 Å². The zero-order chi connectivity index (χ0) is 36.4. The number of methoxy groups -OCH3 is 1. The molecule has 0 aliphatic rings. The van der Waals surface area contributed by atoms with Gasteiger partial charge < -0.3 is 15.0 Å². The Labute approximate surface area is 302 Å². The lowest BCUT2D eigenvalue weighted by Gasteiger charge is -2.34. The first-order chi connectivity index (χ1) is 23.9. The van der Waals surface area contributed by atoms with E-state index in [2.05, 4.69) is 5.32 Å². The number of halogens is 2. The highest BCUT2D eigenvalue weighted by Gasteiger charge is 2.36. The number of nitro groups is 1. The zero-order valence-corrected chi connectivity index (χ0v) is 30.2. The number of hydrogen-bond donors (Lipinski definition) is 1. The Morgan fingerprint density at radius 2 is 1.62 bits per heavy atom. The van der Waals surface area contributed by atoms with Crippen LogP contribution < -0.4 is 14.4 Å². The molecule has 2 amide bonds. The number of nitrogens with one attached hydrogen (secondary N) is 1. The van der Waals surface area contributed by atoms with E-state index in [0.29, 0.717) is 24.3 Å². The van der Waals surface area contributed by atoms with E-state index in [1.807, 2.05) is 37.3 Å². The predicted molar refractivity (Wildman–Crippen MR) is 194 cm³/mol. The number of carbonyl (C=O) groups is 2. The zero-order valence-electron chi connectivity index (χ0n) is 27.8. The second-order valence-corrected chi connectivity index (χ2v) is 14.2. The van der Waals surface area contributed by atoms with E-state index in [1.54, 1.807) is 18.2 Å². The van der Waals surface area contributed by atoms with Crippen LogP contribution in [0.25, 0.3) is 0 Å². The monoisotopic (exact) mass is 740 g/mol. The second kappa shape index (κ2) is 17.3. The molecule has 0 saturated carbocycles. The van der Waals surface area contributed by atoms with Crippen LogP contribution in [0.3, 0.4) is 0 Å². The van der Waals surface area contributed by atoms with Gasteiger partial charge in [0.2, 0.25) is 11.8 Å². The molecule has 0 bridgehead atoms. The molecule has 14 heteroatoms. The van der Waals surface area contributed by atoms with Crippen molar-refractivity contribution >= 4 is 56.4 Å². The summed E-state index contributed by atoms with van der Waals surface area (Å²) in [7, 11) is -3.15. The number of nitro benzene ring substituents is 1. The van der Waals surface area contributed by atoms with Crippen LogP contribution in [-0.2, 0) is 32.6 Å². The summed E-state index contributed by atoms with van der Waals surface area (Å²) in [6.07, 6.45) is 1.64. The number of anilines is 1. The molecule has 4 aromatic carbocycles. The average Bonchev–Trinajstić information content (AvgIpc) is 3.10. The number of rotatable bonds is 16. The van der Waals surface area contributed by atoms with Crippen LogP contribution in [0.5, 0.6) is 5.75 Å². The summed E-state index contributed by atoms with van der Waals surface area (Å²) in [6, 6.07) is 22.4. The number of ether oxygens (including phenoxy) is 1. The highest BCUT2D eigenvalue weighted by molar-refractivity contribution is 7.92. The third-order valence-corrected chi connectivity index (χ3v) is 10.6. The van der Waals surface area contributed by atoms with Crippen LogP contribution in [0.4, 0.5) is 11.4 Å². The summed E-state index contributed by atoms with van der Waals surface area (Å²) in [6.45, 7) is 2.86. The summed E-state index contributed by atoms with van der Waals surface area (Å²) in [5, 5.41) is 15.2. The molecule has 1 N–H and O–H groups in total. The number of unbranched alkanes of at least 4 members (excludes halogenated alkanes) is 1. The molecule has 0 saturated heterocycles. The third-order valence-electron chi connectivity index (χ3n) is 8.10. The number of benzene rings is 4. The highest BCUT2D eigenvalue weighted by atomic mass is 35.5. The van der Waals surface area contributed by atoms with Gasteiger partial charge in [-0.15, -0.1) is 0 Å². The van der Waals surface area contributed by atoms with Gasteiger partial charge in [0.15, 0.2) is 0 Å². The van der Waals surface area contributed by atoms with Crippen molar-refractivity contribution in [1.82, 2.24) is 10.2 Å². The lowest BCUT2D eigenvalue weighted by Crippen LogP contribution is -2.53. The molecule has 0 heterocycles. The Hall–Kier alpha value is -4.65. The maximum Gasteiger partial charge on any atom is 0.273 e. The van der Waals surface area contributed by atoms with E-state index in [-0.39, 0.29) is 34.3 Å². The van der Waals surface area contributed by atoms with E-state index in [4.69, 9.17) is 27.9 Å². The molecule has 0 aliphatic carbocycles. The van der Waals surface area contributed by atoms with Gasteiger partial charge in [-0.1, -0.05) is 79.0 Å². The number of amides is 2. The van der Waals surface area contributed by atoms with Crippen molar-refractivity contribution in [3.05, 3.63) is 128 Å². The van der Waals surface area contributed by atoms with Gasteiger partial charge in [-0.25, -0.2) is 8.42 Å². The van der Waals surface area contributed by atoms with Gasteiger partial charge in [0.05, 0.1) is 22.6 Å². The fourth-order valence-corrected chi connectivity index (χ4v) is 7.22. The van der Waals surface area contributed by atoms with Crippen LogP contribution in [0, 0.1) is 17.0 Å². The highest BCUT2D eigenvalue weighted by Crippen LogP contribution is 2.31. The number of aryl methyl sites for hydroxylation is 1. The molecule has 50 heavy (non-hydrogen) atoms. The van der Waals surface area contributed by atoms with Crippen LogP contribution in [0.1, 0.15) is 36.5 Å². The number of hydrogen-bond acceptors (Lipinski definition) is 7. The molecule has 4 rings (SSSR count). The Kier molecular flexibility index (Phi) is 13.2. The van der Waals surface area contributed by atoms with E-state index < -0.39 is 49.9 Å². The van der Waals surface area contributed by atoms with Crippen molar-refractivity contribution < 1.29 is 27.7 Å². The van der Waals surface area contributed by atoms with Gasteiger partial charge in [0.1, 0.15) is 18.3 Å². The van der Waals surface area contributed by atoms with E-state index in [9.17, 15) is 28.1 Å². The Bertz CT molecular complexity index is 1910. The molecule has 4 aromatic rings. The first kappa shape index (κ1) is 38.2. The fourth-order valence-electron chi connectivity index (χ4n) is 5.26. The van der Waals surface area contributed by atoms with Gasteiger partial charge in [-0.2, -0.15) is 0 Å². The van der Waals surface area contributed by atoms with Gasteiger partial charge in [0.25, 0.3) is 15.7 Å². The van der Waals surface area contributed by atoms with Crippen molar-refractivity contribution in [3.63, 3.8) is 0 Å². The lowest BCUT2D eigenvalue weighted by molar-refractivity contribution is -0.385. The molecule has 1 atom stereocenters. The van der Waals surface area contributed by atoms with Crippen molar-refractivity contribution in [2.45, 2.75) is 50.6 Å². The van der Waals surface area contributed by atoms with Crippen LogP contribution in [0.15, 0.2) is 95.9 Å². The Morgan fingerprint density at radius 3 is 2.22 bits per heavy atom. The Balaban J connectivity index is 1.86. The molecule has 0 aromatic heterocycles. The van der Waals surface area contributed by atoms with Crippen molar-refractivity contribution in [2.24, 2.45) is 0 Å². The summed E-state index contributed by atoms with van der Waals surface area (Å²) < 4.78 is 34.8. The normalized spacial score (nSPS) is 11.8. The van der Waals surface area contributed by atoms with E-state index >= 15 is 0 Å². The quantitative estimate of drug-likeness (QED) is 0.0744. The summed E-state index contributed by atoms with van der Waals surface area (Å²) in [4.78, 5) is 40.6.